The molecule has 65 valence electrons. The molecule has 0 saturated carbocycles. The van der Waals surface area contributed by atoms with Crippen molar-refractivity contribution < 1.29 is 9.47 Å². The Hall–Kier alpha value is -0.0800. The Bertz CT molecular complexity index is 109. The van der Waals surface area contributed by atoms with E-state index in [1.807, 2.05) is 0 Å². The standard InChI is InChI=1S/C9H17O2/c1-9(2,3)6-8-7-10-4-5-11-8/h6,8H,4-5,7H2,1-3H3. The molecule has 2 heteroatoms. The van der Waals surface area contributed by atoms with Crippen LogP contribution in [-0.2, 0) is 9.47 Å². The van der Waals surface area contributed by atoms with Gasteiger partial charge < -0.3 is 9.47 Å². The molecule has 0 aromatic rings. The Morgan fingerprint density at radius 2 is 2.00 bits per heavy atom. The summed E-state index contributed by atoms with van der Waals surface area (Å²) >= 11 is 0. The van der Waals surface area contributed by atoms with Crippen LogP contribution < -0.4 is 0 Å². The van der Waals surface area contributed by atoms with E-state index in [2.05, 4.69) is 27.2 Å². The monoisotopic (exact) mass is 157 g/mol. The van der Waals surface area contributed by atoms with Crippen LogP contribution in [0.25, 0.3) is 0 Å². The van der Waals surface area contributed by atoms with Crippen molar-refractivity contribution in [2.75, 3.05) is 19.8 Å². The molecule has 1 fully saturated rings. The van der Waals surface area contributed by atoms with Crippen molar-refractivity contribution in [3.8, 4) is 0 Å². The number of ether oxygens (including phenoxy) is 2. The fourth-order valence-electron chi connectivity index (χ4n) is 1.16. The van der Waals surface area contributed by atoms with Crippen LogP contribution in [0.2, 0.25) is 0 Å². The Kier molecular flexibility index (Phi) is 2.90. The van der Waals surface area contributed by atoms with Crippen LogP contribution in [0.5, 0.6) is 0 Å². The Morgan fingerprint density at radius 3 is 2.45 bits per heavy atom. The van der Waals surface area contributed by atoms with Crippen LogP contribution in [0.1, 0.15) is 20.8 Å². The zero-order valence-corrected chi connectivity index (χ0v) is 7.59. The summed E-state index contributed by atoms with van der Waals surface area (Å²) in [5, 5.41) is 0. The van der Waals surface area contributed by atoms with E-state index in [-0.39, 0.29) is 11.5 Å². The second-order valence-electron chi connectivity index (χ2n) is 4.02. The van der Waals surface area contributed by atoms with Crippen LogP contribution in [0.4, 0.5) is 0 Å². The van der Waals surface area contributed by atoms with Crippen molar-refractivity contribution in [2.45, 2.75) is 26.9 Å². The maximum atomic E-state index is 5.47. The third kappa shape index (κ3) is 3.73. The fourth-order valence-corrected chi connectivity index (χ4v) is 1.16. The molecule has 0 aromatic heterocycles. The third-order valence-electron chi connectivity index (χ3n) is 1.53. The van der Waals surface area contributed by atoms with Crippen LogP contribution in [0, 0.1) is 11.8 Å². The van der Waals surface area contributed by atoms with E-state index in [1.54, 1.807) is 0 Å². The zero-order chi connectivity index (χ0) is 8.32. The summed E-state index contributed by atoms with van der Waals surface area (Å²) in [4.78, 5) is 0. The smallest absolute Gasteiger partial charge is 0.0846 e. The molecule has 1 unspecified atom stereocenters. The second-order valence-corrected chi connectivity index (χ2v) is 4.02. The van der Waals surface area contributed by atoms with Crippen LogP contribution in [-0.4, -0.2) is 25.9 Å². The molecule has 1 saturated heterocycles. The van der Waals surface area contributed by atoms with Gasteiger partial charge in [0.05, 0.1) is 25.9 Å². The first-order valence-corrected chi connectivity index (χ1v) is 4.13. The van der Waals surface area contributed by atoms with Gasteiger partial charge in [0.2, 0.25) is 0 Å². The Balaban J connectivity index is 2.24. The molecule has 0 bridgehead atoms. The maximum Gasteiger partial charge on any atom is 0.0846 e. The van der Waals surface area contributed by atoms with Crippen molar-refractivity contribution in [1.29, 1.82) is 0 Å². The molecule has 0 amide bonds. The Morgan fingerprint density at radius 1 is 1.27 bits per heavy atom. The van der Waals surface area contributed by atoms with Gasteiger partial charge in [-0.15, -0.1) is 0 Å². The molecule has 1 radical (unpaired) electrons. The minimum Gasteiger partial charge on any atom is -0.376 e. The van der Waals surface area contributed by atoms with Crippen molar-refractivity contribution in [3.63, 3.8) is 0 Å². The second kappa shape index (κ2) is 3.55. The van der Waals surface area contributed by atoms with Gasteiger partial charge >= 0.3 is 0 Å². The normalized spacial score (nSPS) is 27.0. The van der Waals surface area contributed by atoms with E-state index in [4.69, 9.17) is 9.47 Å². The van der Waals surface area contributed by atoms with Gasteiger partial charge in [-0.05, 0) is 11.8 Å². The molecule has 0 spiro atoms. The van der Waals surface area contributed by atoms with E-state index in [9.17, 15) is 0 Å². The minimum atomic E-state index is 0.198. The van der Waals surface area contributed by atoms with Gasteiger partial charge in [-0.2, -0.15) is 0 Å². The van der Waals surface area contributed by atoms with Gasteiger partial charge in [0.25, 0.3) is 0 Å². The predicted molar refractivity (Wildman–Crippen MR) is 44.3 cm³/mol. The molecule has 0 N–H and O–H groups in total. The molecule has 11 heavy (non-hydrogen) atoms. The van der Waals surface area contributed by atoms with Gasteiger partial charge in [-0.25, -0.2) is 0 Å². The van der Waals surface area contributed by atoms with Crippen molar-refractivity contribution in [2.24, 2.45) is 5.41 Å². The summed E-state index contributed by atoms with van der Waals surface area (Å²) < 4.78 is 10.7. The summed E-state index contributed by atoms with van der Waals surface area (Å²) in [6.07, 6.45) is 2.40. The topological polar surface area (TPSA) is 18.5 Å². The summed E-state index contributed by atoms with van der Waals surface area (Å²) in [5.41, 5.74) is 0.228. The summed E-state index contributed by atoms with van der Waals surface area (Å²) in [6.45, 7) is 8.71. The lowest BCUT2D eigenvalue weighted by molar-refractivity contribution is -0.0797. The highest BCUT2D eigenvalue weighted by molar-refractivity contribution is 4.89. The number of hydrogen-bond acceptors (Lipinski definition) is 2. The van der Waals surface area contributed by atoms with E-state index < -0.39 is 0 Å². The first-order chi connectivity index (χ1) is 5.08. The first-order valence-electron chi connectivity index (χ1n) is 4.13. The quantitative estimate of drug-likeness (QED) is 0.576. The summed E-state index contributed by atoms with van der Waals surface area (Å²) in [7, 11) is 0. The lowest BCUT2D eigenvalue weighted by Crippen LogP contribution is -2.32. The number of rotatable bonds is 1. The van der Waals surface area contributed by atoms with E-state index in [0.29, 0.717) is 0 Å². The molecule has 1 aliphatic heterocycles. The van der Waals surface area contributed by atoms with Crippen molar-refractivity contribution >= 4 is 0 Å². The molecule has 0 aromatic carbocycles. The zero-order valence-electron chi connectivity index (χ0n) is 7.59. The van der Waals surface area contributed by atoms with Gasteiger partial charge in [-0.1, -0.05) is 20.8 Å². The highest BCUT2D eigenvalue weighted by atomic mass is 16.6. The maximum absolute atomic E-state index is 5.47. The molecule has 1 rings (SSSR count). The first kappa shape index (κ1) is 9.01. The van der Waals surface area contributed by atoms with Crippen LogP contribution >= 0.6 is 0 Å². The third-order valence-corrected chi connectivity index (χ3v) is 1.53. The largest absolute Gasteiger partial charge is 0.376 e. The molecule has 1 atom stereocenters. The van der Waals surface area contributed by atoms with Crippen molar-refractivity contribution in [3.05, 3.63) is 6.42 Å². The van der Waals surface area contributed by atoms with Gasteiger partial charge in [0, 0.05) is 0 Å². The van der Waals surface area contributed by atoms with E-state index in [0.717, 1.165) is 19.8 Å². The molecular weight excluding hydrogens is 140 g/mol. The Labute approximate surface area is 68.9 Å². The molecule has 1 heterocycles. The lowest BCUT2D eigenvalue weighted by Gasteiger charge is -2.28. The van der Waals surface area contributed by atoms with Gasteiger partial charge in [0.1, 0.15) is 0 Å². The average molecular weight is 157 g/mol. The fraction of sp³-hybridized carbons (Fsp3) is 0.889. The van der Waals surface area contributed by atoms with Crippen LogP contribution in [0.15, 0.2) is 0 Å². The minimum absolute atomic E-state index is 0.198. The molecule has 1 aliphatic rings. The molecule has 2 nitrogen and oxygen atoms in total. The van der Waals surface area contributed by atoms with Gasteiger partial charge in [0.15, 0.2) is 0 Å². The van der Waals surface area contributed by atoms with Crippen LogP contribution in [0.3, 0.4) is 0 Å². The lowest BCUT2D eigenvalue weighted by atomic mass is 9.89. The average Bonchev–Trinajstić information content (AvgIpc) is 1.85. The molecular formula is C9H17O2. The van der Waals surface area contributed by atoms with Gasteiger partial charge in [-0.3, -0.25) is 0 Å². The molecule has 0 aliphatic carbocycles. The summed E-state index contributed by atoms with van der Waals surface area (Å²) in [5.74, 6) is 0. The van der Waals surface area contributed by atoms with E-state index in [1.165, 1.54) is 0 Å². The van der Waals surface area contributed by atoms with E-state index >= 15 is 0 Å². The van der Waals surface area contributed by atoms with Crippen molar-refractivity contribution in [1.82, 2.24) is 0 Å². The summed E-state index contributed by atoms with van der Waals surface area (Å²) in [6, 6.07) is 0. The number of hydrogen-bond donors (Lipinski definition) is 0. The predicted octanol–water partition coefficient (Wildman–Crippen LogP) is 1.65. The SMILES string of the molecule is CC(C)(C)[CH]C1COCCO1. The highest BCUT2D eigenvalue weighted by Crippen LogP contribution is 2.22. The highest BCUT2D eigenvalue weighted by Gasteiger charge is 2.21.